The van der Waals surface area contributed by atoms with Gasteiger partial charge in [0.2, 0.25) is 0 Å². The second-order valence-electron chi connectivity index (χ2n) is 6.45. The van der Waals surface area contributed by atoms with E-state index in [4.69, 9.17) is 14.2 Å². The fourth-order valence-corrected chi connectivity index (χ4v) is 3.77. The molecule has 0 saturated carbocycles. The van der Waals surface area contributed by atoms with Crippen LogP contribution in [0.15, 0.2) is 52.7 Å². The van der Waals surface area contributed by atoms with Crippen LogP contribution in [0.4, 0.5) is 0 Å². The first-order chi connectivity index (χ1) is 15.6. The zero-order valence-electron chi connectivity index (χ0n) is 18.4. The van der Waals surface area contributed by atoms with Gasteiger partial charge in [-0.3, -0.25) is 4.79 Å². The van der Waals surface area contributed by atoms with E-state index in [9.17, 15) is 4.79 Å². The highest BCUT2D eigenvalue weighted by molar-refractivity contribution is 7.99. The van der Waals surface area contributed by atoms with Gasteiger partial charge in [0.15, 0.2) is 22.5 Å². The van der Waals surface area contributed by atoms with E-state index in [1.807, 2.05) is 41.8 Å². The molecule has 0 radical (unpaired) electrons. The predicted molar refractivity (Wildman–Crippen MR) is 124 cm³/mol. The second-order valence-corrected chi connectivity index (χ2v) is 7.39. The second kappa shape index (κ2) is 11.2. The summed E-state index contributed by atoms with van der Waals surface area (Å²) in [6.07, 6.45) is 1.49. The number of rotatable bonds is 10. The van der Waals surface area contributed by atoms with E-state index in [2.05, 4.69) is 20.7 Å². The Labute approximate surface area is 190 Å². The number of nitrogens with zero attached hydrogens (tertiary/aromatic N) is 4. The minimum absolute atomic E-state index is 0.146. The molecular formula is C22H25N5O4S. The third-order valence-corrected chi connectivity index (χ3v) is 5.49. The Morgan fingerprint density at radius 3 is 2.41 bits per heavy atom. The lowest BCUT2D eigenvalue weighted by Crippen LogP contribution is -2.20. The average molecular weight is 456 g/mol. The normalized spacial score (nSPS) is 10.9. The van der Waals surface area contributed by atoms with Crippen molar-refractivity contribution in [2.75, 3.05) is 27.1 Å². The minimum Gasteiger partial charge on any atom is -0.496 e. The lowest BCUT2D eigenvalue weighted by atomic mass is 10.2. The molecule has 2 aromatic carbocycles. The third-order valence-electron chi connectivity index (χ3n) is 4.53. The molecule has 3 rings (SSSR count). The molecule has 1 amide bonds. The van der Waals surface area contributed by atoms with Gasteiger partial charge in [-0.2, -0.15) is 5.10 Å². The molecule has 32 heavy (non-hydrogen) atoms. The van der Waals surface area contributed by atoms with E-state index in [1.165, 1.54) is 18.0 Å². The molecule has 0 saturated heterocycles. The zero-order chi connectivity index (χ0) is 22.9. The van der Waals surface area contributed by atoms with Crippen LogP contribution < -0.4 is 19.6 Å². The molecule has 1 heterocycles. The third kappa shape index (κ3) is 5.38. The van der Waals surface area contributed by atoms with Crippen LogP contribution in [0.1, 0.15) is 12.5 Å². The van der Waals surface area contributed by atoms with E-state index in [0.717, 1.165) is 11.4 Å². The molecular weight excluding hydrogens is 430 g/mol. The van der Waals surface area contributed by atoms with Crippen molar-refractivity contribution >= 4 is 23.9 Å². The van der Waals surface area contributed by atoms with Gasteiger partial charge in [0.1, 0.15) is 5.75 Å². The van der Waals surface area contributed by atoms with Crippen molar-refractivity contribution in [3.05, 3.63) is 48.0 Å². The molecule has 9 nitrogen and oxygen atoms in total. The Hall–Kier alpha value is -3.53. The summed E-state index contributed by atoms with van der Waals surface area (Å²) in [5.74, 6) is 2.26. The van der Waals surface area contributed by atoms with Crippen molar-refractivity contribution in [2.24, 2.45) is 5.10 Å². The minimum atomic E-state index is -0.266. The predicted octanol–water partition coefficient (Wildman–Crippen LogP) is 3.23. The van der Waals surface area contributed by atoms with Crippen LogP contribution in [0, 0.1) is 0 Å². The van der Waals surface area contributed by atoms with Crippen LogP contribution in [0.3, 0.4) is 0 Å². The number of hydrazone groups is 1. The lowest BCUT2D eigenvalue weighted by molar-refractivity contribution is -0.118. The molecule has 3 aromatic rings. The number of hydrogen-bond acceptors (Lipinski definition) is 8. The maximum Gasteiger partial charge on any atom is 0.250 e. The van der Waals surface area contributed by atoms with Crippen LogP contribution in [-0.4, -0.2) is 54.0 Å². The van der Waals surface area contributed by atoms with Crippen LogP contribution in [-0.2, 0) is 11.3 Å². The number of nitrogens with one attached hydrogen (secondary N) is 1. The van der Waals surface area contributed by atoms with E-state index in [1.54, 1.807) is 33.5 Å². The summed E-state index contributed by atoms with van der Waals surface area (Å²) in [5, 5.41) is 13.2. The molecule has 1 aromatic heterocycles. The highest BCUT2D eigenvalue weighted by atomic mass is 32.2. The fraction of sp³-hybridized carbons (Fsp3) is 0.273. The molecule has 0 aliphatic carbocycles. The summed E-state index contributed by atoms with van der Waals surface area (Å²) in [6, 6.07) is 13.2. The van der Waals surface area contributed by atoms with Gasteiger partial charge in [-0.15, -0.1) is 10.2 Å². The van der Waals surface area contributed by atoms with Crippen molar-refractivity contribution in [1.82, 2.24) is 20.2 Å². The monoisotopic (exact) mass is 455 g/mol. The quantitative estimate of drug-likeness (QED) is 0.285. The number of methoxy groups -OCH3 is 3. The Balaban J connectivity index is 1.63. The number of hydrogen-bond donors (Lipinski definition) is 1. The number of carbonyl (C=O) groups excluding carboxylic acids is 1. The van der Waals surface area contributed by atoms with Gasteiger partial charge in [-0.25, -0.2) is 5.43 Å². The zero-order valence-corrected chi connectivity index (χ0v) is 19.2. The number of carbonyl (C=O) groups is 1. The molecule has 1 N–H and O–H groups in total. The van der Waals surface area contributed by atoms with Gasteiger partial charge in [-0.1, -0.05) is 42.1 Å². The first-order valence-electron chi connectivity index (χ1n) is 9.84. The van der Waals surface area contributed by atoms with Crippen molar-refractivity contribution in [3.63, 3.8) is 0 Å². The van der Waals surface area contributed by atoms with E-state index >= 15 is 0 Å². The summed E-state index contributed by atoms with van der Waals surface area (Å²) < 4.78 is 17.9. The van der Waals surface area contributed by atoms with Gasteiger partial charge < -0.3 is 18.8 Å². The highest BCUT2D eigenvalue weighted by Gasteiger charge is 2.14. The standard InChI is InChI=1S/C22H25N5O4S/c1-5-27-21(15-9-7-6-8-10-15)25-26-22(27)32-14-20(28)24-23-13-16-11-18(30-3)19(31-4)12-17(16)29-2/h6-13H,5,14H2,1-4H3,(H,24,28)/b23-13+. The van der Waals surface area contributed by atoms with Crippen LogP contribution >= 0.6 is 11.8 Å². The SMILES string of the molecule is CCn1c(SCC(=O)N/N=C/c2cc(OC)c(OC)cc2OC)nnc1-c1ccccc1. The van der Waals surface area contributed by atoms with Crippen molar-refractivity contribution < 1.29 is 19.0 Å². The van der Waals surface area contributed by atoms with Crippen LogP contribution in [0.25, 0.3) is 11.4 Å². The number of aromatic nitrogens is 3. The summed E-state index contributed by atoms with van der Waals surface area (Å²) in [6.45, 7) is 2.71. The van der Waals surface area contributed by atoms with E-state index in [0.29, 0.717) is 34.5 Å². The van der Waals surface area contributed by atoms with Gasteiger partial charge in [-0.05, 0) is 13.0 Å². The molecule has 0 atom stereocenters. The largest absolute Gasteiger partial charge is 0.496 e. The molecule has 0 aliphatic rings. The topological polar surface area (TPSA) is 99.9 Å². The Bertz CT molecular complexity index is 1090. The number of thioether (sulfide) groups is 1. The molecule has 0 bridgehead atoms. The van der Waals surface area contributed by atoms with Crippen LogP contribution in [0.5, 0.6) is 17.2 Å². The first-order valence-corrected chi connectivity index (χ1v) is 10.8. The number of ether oxygens (including phenoxy) is 3. The highest BCUT2D eigenvalue weighted by Crippen LogP contribution is 2.33. The molecule has 10 heteroatoms. The Morgan fingerprint density at radius 2 is 1.75 bits per heavy atom. The molecule has 0 aliphatic heterocycles. The Kier molecular flexibility index (Phi) is 8.09. The van der Waals surface area contributed by atoms with Gasteiger partial charge in [0, 0.05) is 23.7 Å². The summed E-state index contributed by atoms with van der Waals surface area (Å²) in [7, 11) is 4.63. The molecule has 0 unspecified atom stereocenters. The first kappa shape index (κ1) is 23.1. The average Bonchev–Trinajstić information content (AvgIpc) is 3.25. The summed E-state index contributed by atoms with van der Waals surface area (Å²) in [5.41, 5.74) is 4.13. The van der Waals surface area contributed by atoms with Crippen molar-refractivity contribution in [1.29, 1.82) is 0 Å². The van der Waals surface area contributed by atoms with Gasteiger partial charge in [0.05, 0.1) is 33.3 Å². The van der Waals surface area contributed by atoms with Crippen LogP contribution in [0.2, 0.25) is 0 Å². The van der Waals surface area contributed by atoms with E-state index < -0.39 is 0 Å². The smallest absolute Gasteiger partial charge is 0.250 e. The molecule has 0 fully saturated rings. The summed E-state index contributed by atoms with van der Waals surface area (Å²) >= 11 is 1.30. The maximum atomic E-state index is 12.3. The number of amides is 1. The van der Waals surface area contributed by atoms with Crippen molar-refractivity contribution in [3.8, 4) is 28.6 Å². The summed E-state index contributed by atoms with van der Waals surface area (Å²) in [4.78, 5) is 12.3. The van der Waals surface area contributed by atoms with Gasteiger partial charge in [0.25, 0.3) is 5.91 Å². The van der Waals surface area contributed by atoms with Gasteiger partial charge >= 0.3 is 0 Å². The maximum absolute atomic E-state index is 12.3. The molecule has 168 valence electrons. The van der Waals surface area contributed by atoms with Crippen molar-refractivity contribution in [2.45, 2.75) is 18.6 Å². The number of benzene rings is 2. The lowest BCUT2D eigenvalue weighted by Gasteiger charge is -2.11. The Morgan fingerprint density at radius 1 is 1.06 bits per heavy atom. The van der Waals surface area contributed by atoms with E-state index in [-0.39, 0.29) is 11.7 Å². The fourth-order valence-electron chi connectivity index (χ4n) is 2.97. The molecule has 0 spiro atoms.